The zero-order valence-corrected chi connectivity index (χ0v) is 13.7. The Morgan fingerprint density at radius 2 is 2.10 bits per heavy atom. The van der Waals surface area contributed by atoms with Crippen LogP contribution >= 0.6 is 15.9 Å². The van der Waals surface area contributed by atoms with Gasteiger partial charge in [0.05, 0.1) is 5.69 Å². The molecular weight excluding hydrogens is 330 g/mol. The summed E-state index contributed by atoms with van der Waals surface area (Å²) in [5, 5.41) is 6.10. The number of rotatable bonds is 5. The molecule has 0 aliphatic carbocycles. The number of anilines is 2. The van der Waals surface area contributed by atoms with E-state index in [4.69, 9.17) is 0 Å². The van der Waals surface area contributed by atoms with Crippen molar-refractivity contribution in [1.29, 1.82) is 0 Å². The maximum atomic E-state index is 12.3. The topological polar surface area (TPSA) is 54.0 Å². The summed E-state index contributed by atoms with van der Waals surface area (Å²) in [5.74, 6) is -0.222. The van der Waals surface area contributed by atoms with Gasteiger partial charge in [0.1, 0.15) is 5.69 Å². The Labute approximate surface area is 133 Å². The lowest BCUT2D eigenvalue weighted by Crippen LogP contribution is -2.14. The zero-order chi connectivity index (χ0) is 15.2. The first-order chi connectivity index (χ1) is 10.1. The van der Waals surface area contributed by atoms with Gasteiger partial charge < -0.3 is 10.6 Å². The van der Waals surface area contributed by atoms with E-state index in [1.807, 2.05) is 31.2 Å². The average molecular weight is 348 g/mol. The third-order valence-electron chi connectivity index (χ3n) is 2.94. The summed E-state index contributed by atoms with van der Waals surface area (Å²) in [5.41, 5.74) is 3.16. The van der Waals surface area contributed by atoms with Crippen LogP contribution in [0.25, 0.3) is 0 Å². The van der Waals surface area contributed by atoms with E-state index in [1.165, 1.54) is 0 Å². The van der Waals surface area contributed by atoms with Crippen molar-refractivity contribution in [3.63, 3.8) is 0 Å². The first kappa shape index (κ1) is 15.5. The van der Waals surface area contributed by atoms with Gasteiger partial charge in [0.25, 0.3) is 5.91 Å². The number of carbonyl (C=O) groups is 1. The van der Waals surface area contributed by atoms with Crippen LogP contribution in [-0.2, 0) is 0 Å². The summed E-state index contributed by atoms with van der Waals surface area (Å²) < 4.78 is 0.858. The Morgan fingerprint density at radius 3 is 2.81 bits per heavy atom. The summed E-state index contributed by atoms with van der Waals surface area (Å²) in [6.45, 7) is 4.96. The molecule has 0 unspecified atom stereocenters. The van der Waals surface area contributed by atoms with E-state index in [-0.39, 0.29) is 5.91 Å². The molecule has 0 aliphatic rings. The molecule has 0 aliphatic heterocycles. The summed E-state index contributed by atoms with van der Waals surface area (Å²) in [6.07, 6.45) is 2.66. The lowest BCUT2D eigenvalue weighted by Gasteiger charge is -2.09. The highest BCUT2D eigenvalue weighted by molar-refractivity contribution is 9.10. The molecule has 110 valence electrons. The maximum absolute atomic E-state index is 12.3. The van der Waals surface area contributed by atoms with Crippen molar-refractivity contribution in [3.05, 3.63) is 52.3 Å². The van der Waals surface area contributed by atoms with E-state index in [1.54, 1.807) is 12.3 Å². The number of nitrogens with one attached hydrogen (secondary N) is 2. The first-order valence-electron chi connectivity index (χ1n) is 6.87. The van der Waals surface area contributed by atoms with Crippen LogP contribution in [0, 0.1) is 6.92 Å². The van der Waals surface area contributed by atoms with Crippen LogP contribution < -0.4 is 10.6 Å². The molecule has 0 saturated carbocycles. The minimum absolute atomic E-state index is 0.222. The third kappa shape index (κ3) is 4.29. The Hall–Kier alpha value is -1.88. The normalized spacial score (nSPS) is 10.2. The number of aryl methyl sites for hydroxylation is 1. The van der Waals surface area contributed by atoms with Gasteiger partial charge in [-0.1, -0.05) is 13.0 Å². The number of hydrogen-bond donors (Lipinski definition) is 2. The fourth-order valence-electron chi connectivity index (χ4n) is 1.84. The van der Waals surface area contributed by atoms with Gasteiger partial charge in [-0.2, -0.15) is 0 Å². The van der Waals surface area contributed by atoms with Gasteiger partial charge in [-0.05, 0) is 59.1 Å². The van der Waals surface area contributed by atoms with Crippen LogP contribution in [0.15, 0.2) is 41.0 Å². The van der Waals surface area contributed by atoms with Gasteiger partial charge in [-0.15, -0.1) is 0 Å². The SMILES string of the molecule is CCCNc1ccnc(C(=O)Nc2ccc(C)cc2Br)c1. The van der Waals surface area contributed by atoms with Gasteiger partial charge in [-0.25, -0.2) is 0 Å². The van der Waals surface area contributed by atoms with Crippen LogP contribution in [0.2, 0.25) is 0 Å². The van der Waals surface area contributed by atoms with Crippen molar-refractivity contribution in [3.8, 4) is 0 Å². The highest BCUT2D eigenvalue weighted by Crippen LogP contribution is 2.24. The summed E-state index contributed by atoms with van der Waals surface area (Å²) >= 11 is 3.45. The molecule has 0 atom stereocenters. The van der Waals surface area contributed by atoms with E-state index in [9.17, 15) is 4.79 Å². The Balaban J connectivity index is 2.12. The predicted molar refractivity (Wildman–Crippen MR) is 89.8 cm³/mol. The predicted octanol–water partition coefficient (Wildman–Crippen LogP) is 4.23. The van der Waals surface area contributed by atoms with Crippen molar-refractivity contribution in [2.24, 2.45) is 0 Å². The summed E-state index contributed by atoms with van der Waals surface area (Å²) in [7, 11) is 0. The second kappa shape index (κ2) is 7.22. The molecule has 1 aromatic heterocycles. The molecule has 0 radical (unpaired) electrons. The first-order valence-corrected chi connectivity index (χ1v) is 7.67. The molecule has 0 spiro atoms. The van der Waals surface area contributed by atoms with Gasteiger partial charge in [-0.3, -0.25) is 9.78 Å². The van der Waals surface area contributed by atoms with Crippen molar-refractivity contribution in [1.82, 2.24) is 4.98 Å². The van der Waals surface area contributed by atoms with Gasteiger partial charge in [0.2, 0.25) is 0 Å². The lowest BCUT2D eigenvalue weighted by atomic mass is 10.2. The Kier molecular flexibility index (Phi) is 5.33. The molecular formula is C16H18BrN3O. The number of nitrogens with zero attached hydrogens (tertiary/aromatic N) is 1. The van der Waals surface area contributed by atoms with Crippen molar-refractivity contribution >= 4 is 33.2 Å². The van der Waals surface area contributed by atoms with Crippen molar-refractivity contribution in [2.75, 3.05) is 17.2 Å². The average Bonchev–Trinajstić information content (AvgIpc) is 2.48. The van der Waals surface area contributed by atoms with E-state index in [2.05, 4.69) is 38.5 Å². The smallest absolute Gasteiger partial charge is 0.274 e. The zero-order valence-electron chi connectivity index (χ0n) is 12.1. The molecule has 0 bridgehead atoms. The maximum Gasteiger partial charge on any atom is 0.274 e. The van der Waals surface area contributed by atoms with Crippen molar-refractivity contribution < 1.29 is 4.79 Å². The monoisotopic (exact) mass is 347 g/mol. The number of carbonyl (C=O) groups excluding carboxylic acids is 1. The Morgan fingerprint density at radius 1 is 1.29 bits per heavy atom. The van der Waals surface area contributed by atoms with Gasteiger partial charge in [0.15, 0.2) is 0 Å². The number of aromatic nitrogens is 1. The number of halogens is 1. The molecule has 2 aromatic rings. The van der Waals surface area contributed by atoms with Crippen LogP contribution in [0.3, 0.4) is 0 Å². The molecule has 2 rings (SSSR count). The molecule has 1 heterocycles. The molecule has 4 nitrogen and oxygen atoms in total. The Bertz CT molecular complexity index is 643. The number of hydrogen-bond acceptors (Lipinski definition) is 3. The quantitative estimate of drug-likeness (QED) is 0.850. The van der Waals surface area contributed by atoms with Crippen LogP contribution in [0.1, 0.15) is 29.4 Å². The number of amides is 1. The van der Waals surface area contributed by atoms with Crippen LogP contribution in [0.4, 0.5) is 11.4 Å². The largest absolute Gasteiger partial charge is 0.385 e. The standard InChI is InChI=1S/C16H18BrN3O/c1-3-7-18-12-6-8-19-15(10-12)16(21)20-14-5-4-11(2)9-13(14)17/h4-6,8-10H,3,7H2,1-2H3,(H,18,19)(H,20,21). The van der Waals surface area contributed by atoms with Crippen LogP contribution in [-0.4, -0.2) is 17.4 Å². The molecule has 1 aromatic carbocycles. The third-order valence-corrected chi connectivity index (χ3v) is 3.60. The molecule has 0 fully saturated rings. The molecule has 5 heteroatoms. The highest BCUT2D eigenvalue weighted by atomic mass is 79.9. The fraction of sp³-hybridized carbons (Fsp3) is 0.250. The minimum Gasteiger partial charge on any atom is -0.385 e. The summed E-state index contributed by atoms with van der Waals surface area (Å²) in [6, 6.07) is 9.40. The van der Waals surface area contributed by atoms with E-state index >= 15 is 0 Å². The fourth-order valence-corrected chi connectivity index (χ4v) is 2.43. The number of pyridine rings is 1. The van der Waals surface area contributed by atoms with E-state index in [0.717, 1.165) is 34.4 Å². The highest BCUT2D eigenvalue weighted by Gasteiger charge is 2.10. The van der Waals surface area contributed by atoms with Crippen LogP contribution in [0.5, 0.6) is 0 Å². The van der Waals surface area contributed by atoms with Gasteiger partial charge >= 0.3 is 0 Å². The van der Waals surface area contributed by atoms with E-state index < -0.39 is 0 Å². The van der Waals surface area contributed by atoms with Crippen molar-refractivity contribution in [2.45, 2.75) is 20.3 Å². The molecule has 0 saturated heterocycles. The minimum atomic E-state index is -0.222. The number of benzene rings is 1. The van der Waals surface area contributed by atoms with Gasteiger partial charge in [0, 0.05) is 22.9 Å². The van der Waals surface area contributed by atoms with E-state index in [0.29, 0.717) is 5.69 Å². The second-order valence-corrected chi connectivity index (χ2v) is 5.65. The second-order valence-electron chi connectivity index (χ2n) is 4.79. The molecule has 2 N–H and O–H groups in total. The summed E-state index contributed by atoms with van der Waals surface area (Å²) in [4.78, 5) is 16.4. The lowest BCUT2D eigenvalue weighted by molar-refractivity contribution is 0.102. The molecule has 21 heavy (non-hydrogen) atoms. The molecule has 1 amide bonds.